The average molecular weight is 137 g/mol. The van der Waals surface area contributed by atoms with Crippen LogP contribution in [-0.4, -0.2) is 21.1 Å². The fourth-order valence-corrected chi connectivity index (χ4v) is 0.857. The highest BCUT2D eigenvalue weighted by atomic mass is 16.3. The normalized spacial score (nSPS) is 15.4. The molecule has 0 aliphatic carbocycles. The van der Waals surface area contributed by atoms with Gasteiger partial charge in [-0.15, -0.1) is 0 Å². The highest BCUT2D eigenvalue weighted by Crippen LogP contribution is 2.16. The van der Waals surface area contributed by atoms with Gasteiger partial charge in [-0.25, -0.2) is 0 Å². The van der Waals surface area contributed by atoms with Crippen molar-refractivity contribution in [2.24, 2.45) is 4.99 Å². The molecule has 1 aliphatic heterocycles. The minimum atomic E-state index is 0.318. The van der Waals surface area contributed by atoms with Crippen LogP contribution in [-0.2, 0) is 6.54 Å². The summed E-state index contributed by atoms with van der Waals surface area (Å²) >= 11 is 0. The van der Waals surface area contributed by atoms with E-state index < -0.39 is 0 Å². The van der Waals surface area contributed by atoms with E-state index in [4.69, 9.17) is 0 Å². The molecular formula is C5H5N4O+. The number of fused-ring (bicyclic) bond motifs is 1. The average Bonchev–Trinajstić information content (AvgIpc) is 2.33. The third-order valence-electron chi connectivity index (χ3n) is 1.32. The molecule has 5 heteroatoms. The molecule has 0 spiro atoms. The highest BCUT2D eigenvalue weighted by Gasteiger charge is 2.19. The van der Waals surface area contributed by atoms with Crippen LogP contribution in [0.25, 0.3) is 0 Å². The summed E-state index contributed by atoms with van der Waals surface area (Å²) in [6.45, 7) is 0.318. The Labute approximate surface area is 56.4 Å². The zero-order valence-electron chi connectivity index (χ0n) is 5.11. The summed E-state index contributed by atoms with van der Waals surface area (Å²) in [5, 5.41) is 0. The molecule has 1 aliphatic rings. The van der Waals surface area contributed by atoms with Crippen LogP contribution in [0.15, 0.2) is 11.3 Å². The molecule has 0 amide bonds. The molecule has 0 saturated heterocycles. The van der Waals surface area contributed by atoms with Crippen molar-refractivity contribution >= 4 is 12.2 Å². The van der Waals surface area contributed by atoms with Crippen molar-refractivity contribution in [2.75, 3.05) is 0 Å². The molecule has 0 saturated carbocycles. The molecule has 0 atom stereocenters. The molecule has 0 fully saturated rings. The third kappa shape index (κ3) is 0.637. The first-order valence-electron chi connectivity index (χ1n) is 2.86. The standard InChI is InChI=1S/C5H5N4O/c10-9-1-4-5(8-3-9)7-2-6-4/h2-3H,1H2,(H,6,7)/q+1. The van der Waals surface area contributed by atoms with Crippen LogP contribution in [0.3, 0.4) is 0 Å². The van der Waals surface area contributed by atoms with Gasteiger partial charge < -0.3 is 4.98 Å². The number of aliphatic imine (C=N–C) groups is 1. The first-order chi connectivity index (χ1) is 4.86. The highest BCUT2D eigenvalue weighted by molar-refractivity contribution is 5.54. The summed E-state index contributed by atoms with van der Waals surface area (Å²) in [6.07, 6.45) is 2.75. The zero-order chi connectivity index (χ0) is 6.97. The van der Waals surface area contributed by atoms with E-state index in [0.29, 0.717) is 12.4 Å². The fourth-order valence-electron chi connectivity index (χ4n) is 0.857. The Kier molecular flexibility index (Phi) is 0.913. The number of aromatic nitrogens is 2. The van der Waals surface area contributed by atoms with Gasteiger partial charge in [-0.05, 0) is 9.75 Å². The van der Waals surface area contributed by atoms with Gasteiger partial charge in [0.2, 0.25) is 0 Å². The predicted octanol–water partition coefficient (Wildman–Crippen LogP) is 0.362. The van der Waals surface area contributed by atoms with E-state index in [-0.39, 0.29) is 0 Å². The number of nitroso groups, excluding NO2 is 1. The lowest BCUT2D eigenvalue weighted by molar-refractivity contribution is -0.441. The van der Waals surface area contributed by atoms with Crippen LogP contribution in [0.5, 0.6) is 0 Å². The van der Waals surface area contributed by atoms with E-state index in [1.165, 1.54) is 12.7 Å². The van der Waals surface area contributed by atoms with Gasteiger partial charge in [0.25, 0.3) is 5.82 Å². The quantitative estimate of drug-likeness (QED) is 0.525. The molecule has 1 aromatic heterocycles. The smallest absolute Gasteiger partial charge is 0.327 e. The molecule has 0 radical (unpaired) electrons. The number of imidazole rings is 1. The monoisotopic (exact) mass is 137 g/mol. The number of nitrogens with one attached hydrogen (secondary N) is 1. The number of hydrogen-bond acceptors (Lipinski definition) is 3. The zero-order valence-corrected chi connectivity index (χ0v) is 5.11. The third-order valence-corrected chi connectivity index (χ3v) is 1.32. The molecule has 0 unspecified atom stereocenters. The number of nitrogens with zero attached hydrogens (tertiary/aromatic N) is 3. The molecule has 0 bridgehead atoms. The van der Waals surface area contributed by atoms with Crippen molar-refractivity contribution < 1.29 is 4.76 Å². The Hall–Kier alpha value is -1.52. The van der Waals surface area contributed by atoms with Crippen molar-refractivity contribution in [3.05, 3.63) is 16.9 Å². The van der Waals surface area contributed by atoms with Gasteiger partial charge in [0.15, 0.2) is 6.54 Å². The van der Waals surface area contributed by atoms with Crippen LogP contribution < -0.4 is 0 Å². The predicted molar refractivity (Wildman–Crippen MR) is 34.1 cm³/mol. The lowest BCUT2D eigenvalue weighted by Crippen LogP contribution is -2.09. The van der Waals surface area contributed by atoms with Gasteiger partial charge >= 0.3 is 6.34 Å². The van der Waals surface area contributed by atoms with Crippen molar-refractivity contribution in [1.29, 1.82) is 0 Å². The first-order valence-corrected chi connectivity index (χ1v) is 2.86. The van der Waals surface area contributed by atoms with Gasteiger partial charge in [-0.1, -0.05) is 4.91 Å². The van der Waals surface area contributed by atoms with Crippen molar-refractivity contribution in [3.63, 3.8) is 0 Å². The Balaban J connectivity index is 2.52. The van der Waals surface area contributed by atoms with E-state index in [0.717, 1.165) is 10.5 Å². The fraction of sp³-hybridized carbons (Fsp3) is 0.200. The molecule has 10 heavy (non-hydrogen) atoms. The van der Waals surface area contributed by atoms with Crippen LogP contribution in [0.4, 0.5) is 5.82 Å². The van der Waals surface area contributed by atoms with Crippen molar-refractivity contribution in [2.45, 2.75) is 6.54 Å². The molecule has 50 valence electrons. The molecule has 5 nitrogen and oxygen atoms in total. The maximum Gasteiger partial charge on any atom is 0.327 e. The summed E-state index contributed by atoms with van der Waals surface area (Å²) in [5.41, 5.74) is 0.775. The molecule has 0 aromatic carbocycles. The van der Waals surface area contributed by atoms with Gasteiger partial charge in [0.05, 0.1) is 6.33 Å². The summed E-state index contributed by atoms with van der Waals surface area (Å²) in [4.78, 5) is 21.1. The Morgan fingerprint density at radius 3 is 3.50 bits per heavy atom. The van der Waals surface area contributed by atoms with Crippen LogP contribution in [0.1, 0.15) is 5.69 Å². The van der Waals surface area contributed by atoms with Crippen LogP contribution in [0, 0.1) is 4.91 Å². The topological polar surface area (TPSA) is 61.1 Å². The second kappa shape index (κ2) is 1.73. The van der Waals surface area contributed by atoms with Gasteiger partial charge in [0, 0.05) is 0 Å². The van der Waals surface area contributed by atoms with E-state index >= 15 is 0 Å². The summed E-state index contributed by atoms with van der Waals surface area (Å²) in [5.74, 6) is 0.618. The number of aromatic amines is 1. The molecule has 2 heterocycles. The minimum Gasteiger partial charge on any atom is -0.341 e. The summed E-state index contributed by atoms with van der Waals surface area (Å²) in [6, 6.07) is 0. The first kappa shape index (κ1) is 5.28. The lowest BCUT2D eigenvalue weighted by Gasteiger charge is -1.91. The number of rotatable bonds is 0. The lowest BCUT2D eigenvalue weighted by atomic mass is 10.4. The van der Waals surface area contributed by atoms with Crippen molar-refractivity contribution in [1.82, 2.24) is 9.97 Å². The maximum absolute atomic E-state index is 10.6. The van der Waals surface area contributed by atoms with Gasteiger partial charge in [-0.2, -0.15) is 4.98 Å². The Morgan fingerprint density at radius 2 is 2.60 bits per heavy atom. The molecule has 1 N–H and O–H groups in total. The second-order valence-electron chi connectivity index (χ2n) is 2.02. The van der Waals surface area contributed by atoms with Crippen LogP contribution in [0.2, 0.25) is 0 Å². The van der Waals surface area contributed by atoms with E-state index in [9.17, 15) is 4.91 Å². The van der Waals surface area contributed by atoms with E-state index in [2.05, 4.69) is 15.0 Å². The Morgan fingerprint density at radius 1 is 1.70 bits per heavy atom. The SMILES string of the molecule is O=[N+]1C=Nc2nc[nH]c2C1. The number of hydrogen-bond donors (Lipinski definition) is 1. The number of H-pyrrole nitrogens is 1. The Bertz CT molecular complexity index is 300. The summed E-state index contributed by atoms with van der Waals surface area (Å²) < 4.78 is 0.751. The molecule has 1 aromatic rings. The van der Waals surface area contributed by atoms with Crippen molar-refractivity contribution in [3.8, 4) is 0 Å². The second-order valence-corrected chi connectivity index (χ2v) is 2.02. The van der Waals surface area contributed by atoms with E-state index in [1.54, 1.807) is 0 Å². The summed E-state index contributed by atoms with van der Waals surface area (Å²) in [7, 11) is 0. The largest absolute Gasteiger partial charge is 0.341 e. The minimum absolute atomic E-state index is 0.318. The maximum atomic E-state index is 10.6. The van der Waals surface area contributed by atoms with Gasteiger partial charge in [-0.3, -0.25) is 0 Å². The van der Waals surface area contributed by atoms with E-state index in [1.807, 2.05) is 0 Å². The molecular weight excluding hydrogens is 132 g/mol. The van der Waals surface area contributed by atoms with Gasteiger partial charge in [0.1, 0.15) is 5.69 Å². The van der Waals surface area contributed by atoms with Crippen LogP contribution >= 0.6 is 0 Å². The molecule has 2 rings (SSSR count).